The number of benzene rings is 2. The fourth-order valence-electron chi connectivity index (χ4n) is 2.74. The summed E-state index contributed by atoms with van der Waals surface area (Å²) < 4.78 is 6.30. The molecule has 0 heterocycles. The summed E-state index contributed by atoms with van der Waals surface area (Å²) in [6.45, 7) is 4.74. The molecule has 0 aliphatic carbocycles. The van der Waals surface area contributed by atoms with Gasteiger partial charge in [0.2, 0.25) is 5.91 Å². The molecule has 6 nitrogen and oxygen atoms in total. The zero-order valence-electron chi connectivity index (χ0n) is 17.8. The number of amides is 2. The van der Waals surface area contributed by atoms with Crippen LogP contribution in [0.2, 0.25) is 0 Å². The Balaban J connectivity index is 1.91. The number of halogens is 1. The molecular weight excluding hydrogens is 478 g/mol. The Morgan fingerprint density at radius 2 is 1.74 bits per heavy atom. The molecule has 0 fully saturated rings. The van der Waals surface area contributed by atoms with Gasteiger partial charge in [-0.25, -0.2) is 0 Å². The Hall–Kier alpha value is -2.45. The summed E-state index contributed by atoms with van der Waals surface area (Å²) in [5.41, 5.74) is 1.79. The van der Waals surface area contributed by atoms with Crippen LogP contribution in [-0.2, 0) is 4.79 Å². The van der Waals surface area contributed by atoms with Crippen molar-refractivity contribution in [3.05, 3.63) is 52.5 Å². The second kappa shape index (κ2) is 13.1. The van der Waals surface area contributed by atoms with Crippen LogP contribution in [0.1, 0.15) is 56.3 Å². The van der Waals surface area contributed by atoms with E-state index in [1.54, 1.807) is 30.3 Å². The third kappa shape index (κ3) is 8.67. The van der Waals surface area contributed by atoms with Gasteiger partial charge in [-0.05, 0) is 77.4 Å². The molecule has 0 atom stereocenters. The van der Waals surface area contributed by atoms with Gasteiger partial charge in [0.05, 0.1) is 11.1 Å². The zero-order valence-corrected chi connectivity index (χ0v) is 20.2. The highest BCUT2D eigenvalue weighted by atomic mass is 79.9. The minimum atomic E-state index is -0.333. The molecule has 0 spiro atoms. The summed E-state index contributed by atoms with van der Waals surface area (Å²) >= 11 is 8.69. The Bertz CT molecular complexity index is 921. The van der Waals surface area contributed by atoms with Crippen LogP contribution in [-0.4, -0.2) is 23.5 Å². The van der Waals surface area contributed by atoms with E-state index in [0.29, 0.717) is 40.2 Å². The average molecular weight is 506 g/mol. The van der Waals surface area contributed by atoms with Crippen LogP contribution in [0, 0.1) is 0 Å². The van der Waals surface area contributed by atoms with Gasteiger partial charge in [-0.15, -0.1) is 0 Å². The summed E-state index contributed by atoms with van der Waals surface area (Å²) in [4.78, 5) is 24.5. The molecule has 3 N–H and O–H groups in total. The number of carbonyl (C=O) groups excluding carboxylic acids is 2. The molecule has 2 aromatic rings. The molecule has 0 saturated heterocycles. The number of carbonyl (C=O) groups is 2. The van der Waals surface area contributed by atoms with Crippen molar-refractivity contribution in [2.45, 2.75) is 46.0 Å². The van der Waals surface area contributed by atoms with Crippen molar-refractivity contribution in [3.63, 3.8) is 0 Å². The Kier molecular flexibility index (Phi) is 10.5. The van der Waals surface area contributed by atoms with E-state index >= 15 is 0 Å². The van der Waals surface area contributed by atoms with Gasteiger partial charge in [-0.1, -0.05) is 32.8 Å². The summed E-state index contributed by atoms with van der Waals surface area (Å²) in [6, 6.07) is 12.3. The van der Waals surface area contributed by atoms with Crippen LogP contribution in [0.15, 0.2) is 46.9 Å². The van der Waals surface area contributed by atoms with E-state index in [2.05, 4.69) is 38.8 Å². The van der Waals surface area contributed by atoms with Gasteiger partial charge in [0.25, 0.3) is 5.91 Å². The van der Waals surface area contributed by atoms with Crippen molar-refractivity contribution in [1.29, 1.82) is 0 Å². The summed E-state index contributed by atoms with van der Waals surface area (Å²) in [7, 11) is 0. The smallest absolute Gasteiger partial charge is 0.257 e. The molecule has 31 heavy (non-hydrogen) atoms. The number of hydrogen-bond acceptors (Lipinski definition) is 4. The van der Waals surface area contributed by atoms with Gasteiger partial charge in [-0.2, -0.15) is 0 Å². The number of ether oxygens (including phenoxy) is 1. The van der Waals surface area contributed by atoms with Crippen LogP contribution in [0.25, 0.3) is 0 Å². The molecular formula is C23H28BrN3O3S. The van der Waals surface area contributed by atoms with Crippen LogP contribution in [0.4, 0.5) is 11.4 Å². The van der Waals surface area contributed by atoms with Gasteiger partial charge >= 0.3 is 0 Å². The number of thiocarbonyl (C=S) groups is 1. The maximum atomic E-state index is 12.5. The fourth-order valence-corrected chi connectivity index (χ4v) is 3.45. The average Bonchev–Trinajstić information content (AvgIpc) is 2.73. The molecule has 0 aliphatic heterocycles. The van der Waals surface area contributed by atoms with Gasteiger partial charge < -0.3 is 15.4 Å². The summed E-state index contributed by atoms with van der Waals surface area (Å²) in [5.74, 6) is 0.340. The van der Waals surface area contributed by atoms with Crippen LogP contribution < -0.4 is 20.7 Å². The van der Waals surface area contributed by atoms with Gasteiger partial charge in [0.15, 0.2) is 5.11 Å². The van der Waals surface area contributed by atoms with E-state index < -0.39 is 0 Å². The molecule has 166 valence electrons. The van der Waals surface area contributed by atoms with E-state index in [0.717, 1.165) is 25.7 Å². The largest absolute Gasteiger partial charge is 0.492 e. The van der Waals surface area contributed by atoms with Crippen LogP contribution in [0.3, 0.4) is 0 Å². The lowest BCUT2D eigenvalue weighted by Crippen LogP contribution is -2.34. The second-order valence-electron chi connectivity index (χ2n) is 6.99. The lowest BCUT2D eigenvalue weighted by atomic mass is 10.2. The SMILES string of the molecule is CCCCCC(=O)Nc1cccc(NC(=S)NC(=O)c2ccc(OCCC)c(Br)c2)c1. The van der Waals surface area contributed by atoms with E-state index in [1.165, 1.54) is 0 Å². The molecule has 0 saturated carbocycles. The Morgan fingerprint density at radius 1 is 1.00 bits per heavy atom. The number of rotatable bonds is 10. The third-order valence-electron chi connectivity index (χ3n) is 4.29. The minimum Gasteiger partial charge on any atom is -0.492 e. The van der Waals surface area contributed by atoms with Gasteiger partial charge in [0.1, 0.15) is 5.75 Å². The summed E-state index contributed by atoms with van der Waals surface area (Å²) in [6.07, 6.45) is 4.38. The van der Waals surface area contributed by atoms with E-state index in [4.69, 9.17) is 17.0 Å². The highest BCUT2D eigenvalue weighted by Gasteiger charge is 2.11. The lowest BCUT2D eigenvalue weighted by Gasteiger charge is -2.12. The van der Waals surface area contributed by atoms with Crippen LogP contribution >= 0.6 is 28.1 Å². The molecule has 0 aliphatic rings. The van der Waals surface area contributed by atoms with E-state index in [1.807, 2.05) is 19.1 Å². The van der Waals surface area contributed by atoms with E-state index in [9.17, 15) is 9.59 Å². The Labute approximate surface area is 197 Å². The monoisotopic (exact) mass is 505 g/mol. The van der Waals surface area contributed by atoms with Crippen LogP contribution in [0.5, 0.6) is 5.75 Å². The Morgan fingerprint density at radius 3 is 2.42 bits per heavy atom. The van der Waals surface area contributed by atoms with Crippen molar-refractivity contribution in [3.8, 4) is 5.75 Å². The lowest BCUT2D eigenvalue weighted by molar-refractivity contribution is -0.116. The number of nitrogens with one attached hydrogen (secondary N) is 3. The maximum Gasteiger partial charge on any atom is 0.257 e. The molecule has 2 aromatic carbocycles. The highest BCUT2D eigenvalue weighted by Crippen LogP contribution is 2.26. The quantitative estimate of drug-likeness (QED) is 0.277. The molecule has 2 amide bonds. The second-order valence-corrected chi connectivity index (χ2v) is 8.25. The van der Waals surface area contributed by atoms with Crippen molar-refractivity contribution < 1.29 is 14.3 Å². The first-order valence-electron chi connectivity index (χ1n) is 10.4. The first-order valence-corrected chi connectivity index (χ1v) is 11.6. The number of unbranched alkanes of at least 4 members (excludes halogenated alkanes) is 2. The highest BCUT2D eigenvalue weighted by molar-refractivity contribution is 9.10. The standard InChI is InChI=1S/C23H28BrN3O3S/c1-3-5-6-10-21(28)25-17-8-7-9-18(15-17)26-23(31)27-22(29)16-11-12-20(19(24)14-16)30-13-4-2/h7-9,11-12,14-15H,3-6,10,13H2,1-2H3,(H,25,28)(H2,26,27,29,31). The first-order chi connectivity index (χ1) is 14.9. The van der Waals surface area contributed by atoms with E-state index in [-0.39, 0.29) is 16.9 Å². The third-order valence-corrected chi connectivity index (χ3v) is 5.12. The maximum absolute atomic E-state index is 12.5. The van der Waals surface area contributed by atoms with Crippen molar-refractivity contribution in [1.82, 2.24) is 5.32 Å². The zero-order chi connectivity index (χ0) is 22.6. The molecule has 2 rings (SSSR count). The number of anilines is 2. The minimum absolute atomic E-state index is 0.0154. The molecule has 0 unspecified atom stereocenters. The molecule has 0 aromatic heterocycles. The molecule has 8 heteroatoms. The van der Waals surface area contributed by atoms with Gasteiger partial charge in [0, 0.05) is 23.4 Å². The predicted octanol–water partition coefficient (Wildman–Crippen LogP) is 5.88. The first kappa shape index (κ1) is 24.8. The van der Waals surface area contributed by atoms with Crippen molar-refractivity contribution >= 4 is 56.4 Å². The van der Waals surface area contributed by atoms with Gasteiger partial charge in [-0.3, -0.25) is 14.9 Å². The molecule has 0 radical (unpaired) electrons. The summed E-state index contributed by atoms with van der Waals surface area (Å²) in [5, 5.41) is 8.68. The predicted molar refractivity (Wildman–Crippen MR) is 133 cm³/mol. The van der Waals surface area contributed by atoms with Crippen molar-refractivity contribution in [2.75, 3.05) is 17.2 Å². The fraction of sp³-hybridized carbons (Fsp3) is 0.348. The molecule has 0 bridgehead atoms. The topological polar surface area (TPSA) is 79.5 Å². The van der Waals surface area contributed by atoms with Crippen molar-refractivity contribution in [2.24, 2.45) is 0 Å². The normalized spacial score (nSPS) is 10.3. The number of hydrogen-bond donors (Lipinski definition) is 3.